The number of nitrogens with zero attached hydrogens (tertiary/aromatic N) is 1. The molecule has 35 heavy (non-hydrogen) atoms. The van der Waals surface area contributed by atoms with Crippen LogP contribution in [0, 0.1) is 0 Å². The van der Waals surface area contributed by atoms with Gasteiger partial charge in [-0.15, -0.1) is 0 Å². The van der Waals surface area contributed by atoms with Crippen LogP contribution in [-0.2, 0) is 4.57 Å². The Morgan fingerprint density at radius 1 is 0.571 bits per heavy atom. The van der Waals surface area contributed by atoms with Gasteiger partial charge >= 0.3 is 8.03 Å². The van der Waals surface area contributed by atoms with E-state index < -0.39 is 13.3 Å². The Balaban J connectivity index is 3.56. The highest BCUT2D eigenvalue weighted by Crippen LogP contribution is 2.45. The molecule has 0 amide bonds. The summed E-state index contributed by atoms with van der Waals surface area (Å²) in [6, 6.07) is 0. The van der Waals surface area contributed by atoms with Gasteiger partial charge < -0.3 is 4.89 Å². The monoisotopic (exact) mass is 512 g/mol. The Labute approximate surface area is 222 Å². The fraction of sp³-hybridized carbons (Fsp3) is 0.935. The summed E-state index contributed by atoms with van der Waals surface area (Å²) in [5.41, 5.74) is 0. The Bertz CT molecular complexity index is 515. The van der Waals surface area contributed by atoms with Gasteiger partial charge in [0.15, 0.2) is 0 Å². The molecule has 0 aromatic rings. The van der Waals surface area contributed by atoms with Crippen molar-refractivity contribution in [1.82, 2.24) is 0 Å². The van der Waals surface area contributed by atoms with E-state index in [2.05, 4.69) is 26.0 Å². The molecule has 0 aliphatic rings. The molecular formula is C31H63NO2P+. The van der Waals surface area contributed by atoms with Gasteiger partial charge in [0.25, 0.3) is 5.28 Å². The van der Waals surface area contributed by atoms with E-state index in [0.717, 1.165) is 32.1 Å². The molecule has 0 bridgehead atoms. The van der Waals surface area contributed by atoms with Gasteiger partial charge in [-0.25, -0.2) is 0 Å². The van der Waals surface area contributed by atoms with E-state index in [1.807, 2.05) is 21.1 Å². The van der Waals surface area contributed by atoms with Crippen LogP contribution < -0.4 is 4.89 Å². The largest absolute Gasteiger partial charge is 0.590 e. The molecule has 0 aliphatic heterocycles. The zero-order valence-electron chi connectivity index (χ0n) is 24.6. The summed E-state index contributed by atoms with van der Waals surface area (Å²) in [7, 11) is 3.68. The van der Waals surface area contributed by atoms with E-state index in [0.29, 0.717) is 4.48 Å². The Morgan fingerprint density at radius 3 is 1.29 bits per heavy atom. The molecule has 0 N–H and O–H groups in total. The average molecular weight is 513 g/mol. The van der Waals surface area contributed by atoms with Gasteiger partial charge in [0.1, 0.15) is 0 Å². The van der Waals surface area contributed by atoms with E-state index in [9.17, 15) is 9.46 Å². The minimum absolute atomic E-state index is 0.519. The first kappa shape index (κ1) is 34.8. The molecule has 3 nitrogen and oxygen atoms in total. The maximum absolute atomic E-state index is 12.1. The van der Waals surface area contributed by atoms with Crippen LogP contribution in [-0.4, -0.2) is 30.9 Å². The van der Waals surface area contributed by atoms with Crippen molar-refractivity contribution in [1.29, 1.82) is 0 Å². The smallest absolute Gasteiger partial charge is 0.376 e. The van der Waals surface area contributed by atoms with Gasteiger partial charge in [0, 0.05) is 12.8 Å². The number of rotatable bonds is 26. The lowest BCUT2D eigenvalue weighted by Crippen LogP contribution is -2.55. The molecule has 0 saturated carbocycles. The third-order valence-electron chi connectivity index (χ3n) is 7.83. The third-order valence-corrected chi connectivity index (χ3v) is 9.55. The molecule has 0 radical (unpaired) electrons. The van der Waals surface area contributed by atoms with E-state index in [1.54, 1.807) is 0 Å². The third kappa shape index (κ3) is 17.8. The van der Waals surface area contributed by atoms with Crippen LogP contribution in [0.1, 0.15) is 162 Å². The molecule has 0 rings (SSSR count). The van der Waals surface area contributed by atoms with Crippen molar-refractivity contribution in [2.75, 3.05) is 21.1 Å². The molecule has 0 aromatic carbocycles. The van der Waals surface area contributed by atoms with Crippen molar-refractivity contribution >= 4 is 8.03 Å². The maximum atomic E-state index is 12.1. The highest BCUT2D eigenvalue weighted by atomic mass is 31.1. The molecule has 0 aromatic heterocycles. The molecule has 2 atom stereocenters. The van der Waals surface area contributed by atoms with Crippen LogP contribution in [0.15, 0.2) is 12.2 Å². The second-order valence-electron chi connectivity index (χ2n) is 11.8. The van der Waals surface area contributed by atoms with E-state index in [1.165, 1.54) is 116 Å². The van der Waals surface area contributed by atoms with Crippen LogP contribution in [0.25, 0.3) is 0 Å². The van der Waals surface area contributed by atoms with Crippen molar-refractivity contribution in [2.24, 2.45) is 0 Å². The summed E-state index contributed by atoms with van der Waals surface area (Å²) in [4.78, 5) is 12.1. The van der Waals surface area contributed by atoms with Crippen LogP contribution in [0.3, 0.4) is 0 Å². The Morgan fingerprint density at radius 2 is 0.943 bits per heavy atom. The van der Waals surface area contributed by atoms with Crippen molar-refractivity contribution in [3.63, 3.8) is 0 Å². The molecule has 2 unspecified atom stereocenters. The molecule has 0 heterocycles. The minimum atomic E-state index is -2.43. The standard InChI is InChI=1S/C31H63NO2P/c1-6-8-9-10-11-12-13-14-15-16-17-18-19-20-21-22-23-24-25-26-27-28-30-31(29-7-2,35(33)34)32(3,4)5/h20-21H,6-19,22-30H2,1-5H3/q+1/b21-20-. The molecule has 0 aliphatic carbocycles. The zero-order chi connectivity index (χ0) is 26.3. The number of hydrogen-bond donors (Lipinski definition) is 0. The van der Waals surface area contributed by atoms with E-state index >= 15 is 0 Å². The maximum Gasteiger partial charge on any atom is 0.376 e. The van der Waals surface area contributed by atoms with Crippen molar-refractivity contribution in [3.8, 4) is 0 Å². The van der Waals surface area contributed by atoms with Crippen LogP contribution >= 0.6 is 8.03 Å². The zero-order valence-corrected chi connectivity index (χ0v) is 25.5. The van der Waals surface area contributed by atoms with Gasteiger partial charge in [-0.2, -0.15) is 0 Å². The SMILES string of the molecule is CCCCCCCCCCCCCC/C=C\CCCCCCCCC(CCC)([P+](=O)[O-])[N+](C)(C)C. The predicted molar refractivity (Wildman–Crippen MR) is 155 cm³/mol. The summed E-state index contributed by atoms with van der Waals surface area (Å²) in [5.74, 6) is 0. The second kappa shape index (κ2) is 22.9. The number of quaternary nitrogens is 1. The average Bonchev–Trinajstić information content (AvgIpc) is 2.80. The summed E-state index contributed by atoms with van der Waals surface area (Å²) in [6.45, 7) is 4.38. The fourth-order valence-electron chi connectivity index (χ4n) is 5.34. The number of allylic oxidation sites excluding steroid dienone is 2. The van der Waals surface area contributed by atoms with Crippen molar-refractivity contribution < 1.29 is 13.9 Å². The van der Waals surface area contributed by atoms with Crippen molar-refractivity contribution in [3.05, 3.63) is 12.2 Å². The number of unbranched alkanes of at least 4 members (excludes halogenated alkanes) is 18. The molecule has 4 heteroatoms. The topological polar surface area (TPSA) is 40.1 Å². The summed E-state index contributed by atoms with van der Waals surface area (Å²) < 4.78 is 12.6. The predicted octanol–water partition coefficient (Wildman–Crippen LogP) is 10.1. The lowest BCUT2D eigenvalue weighted by Gasteiger charge is -2.39. The van der Waals surface area contributed by atoms with Gasteiger partial charge in [0.05, 0.1) is 21.1 Å². The highest BCUT2D eigenvalue weighted by molar-refractivity contribution is 7.38. The quantitative estimate of drug-likeness (QED) is 0.0500. The van der Waals surface area contributed by atoms with Crippen LogP contribution in [0.4, 0.5) is 0 Å². The van der Waals surface area contributed by atoms with Gasteiger partial charge in [0.2, 0.25) is 0 Å². The number of hydrogen-bond acceptors (Lipinski definition) is 2. The Hall–Kier alpha value is -0.240. The minimum Gasteiger partial charge on any atom is -0.590 e. The first-order valence-electron chi connectivity index (χ1n) is 15.4. The van der Waals surface area contributed by atoms with Crippen molar-refractivity contribution in [2.45, 2.75) is 167 Å². The van der Waals surface area contributed by atoms with Gasteiger partial charge in [-0.1, -0.05) is 127 Å². The van der Waals surface area contributed by atoms with E-state index in [-0.39, 0.29) is 0 Å². The molecule has 0 fully saturated rings. The van der Waals surface area contributed by atoms with Crippen LogP contribution in [0.2, 0.25) is 0 Å². The summed E-state index contributed by atoms with van der Waals surface area (Å²) >= 11 is 0. The van der Waals surface area contributed by atoms with Gasteiger partial charge in [-0.3, -0.25) is 4.48 Å². The molecular weight excluding hydrogens is 449 g/mol. The first-order chi connectivity index (χ1) is 16.8. The van der Waals surface area contributed by atoms with E-state index in [4.69, 9.17) is 0 Å². The molecule has 0 spiro atoms. The first-order valence-corrected chi connectivity index (χ1v) is 16.6. The lowest BCUT2D eigenvalue weighted by molar-refractivity contribution is -0.910. The molecule has 208 valence electrons. The van der Waals surface area contributed by atoms with Gasteiger partial charge in [-0.05, 0) is 38.5 Å². The fourth-order valence-corrected chi connectivity index (χ4v) is 6.58. The molecule has 0 saturated heterocycles. The van der Waals surface area contributed by atoms with Crippen LogP contribution in [0.5, 0.6) is 0 Å². The summed E-state index contributed by atoms with van der Waals surface area (Å²) in [6.07, 6.45) is 34.1. The summed E-state index contributed by atoms with van der Waals surface area (Å²) in [5, 5.41) is -0.595. The highest BCUT2D eigenvalue weighted by Gasteiger charge is 2.53. The Kier molecular flexibility index (Phi) is 22.8. The normalized spacial score (nSPS) is 14.5. The second-order valence-corrected chi connectivity index (χ2v) is 13.2. The lowest BCUT2D eigenvalue weighted by atomic mass is 9.99.